The van der Waals surface area contributed by atoms with E-state index in [2.05, 4.69) is 6.92 Å². The minimum atomic E-state index is -2.70. The van der Waals surface area contributed by atoms with E-state index in [1.165, 1.54) is 12.5 Å². The van der Waals surface area contributed by atoms with Gasteiger partial charge in [-0.2, -0.15) is 0 Å². The monoisotopic (exact) mass is 284 g/mol. The van der Waals surface area contributed by atoms with Crippen molar-refractivity contribution in [2.24, 2.45) is 11.8 Å². The molecule has 0 radical (unpaired) electrons. The number of rotatable bonds is 4. The first-order valence-electron chi connectivity index (χ1n) is 7.57. The summed E-state index contributed by atoms with van der Waals surface area (Å²) < 4.78 is 28.7. The lowest BCUT2D eigenvalue weighted by Gasteiger charge is -2.36. The Morgan fingerprint density at radius 3 is 2.50 bits per heavy atom. The van der Waals surface area contributed by atoms with Crippen molar-refractivity contribution in [1.82, 2.24) is 0 Å². The minimum absolute atomic E-state index is 0.0249. The molecule has 2 unspecified atom stereocenters. The fourth-order valence-corrected chi connectivity index (χ4v) is 3.48. The maximum atomic E-state index is 14.4. The second-order valence-electron chi connectivity index (χ2n) is 6.10. The summed E-state index contributed by atoms with van der Waals surface area (Å²) in [4.78, 5) is 0. The van der Waals surface area contributed by atoms with E-state index in [0.717, 1.165) is 38.2 Å². The molecule has 1 fully saturated rings. The van der Waals surface area contributed by atoms with Gasteiger partial charge in [-0.1, -0.05) is 31.9 Å². The first kappa shape index (κ1) is 15.7. The predicted octanol–water partition coefficient (Wildman–Crippen LogP) is 3.15. The number of halogens is 2. The summed E-state index contributed by atoms with van der Waals surface area (Å²) in [6.45, 7) is 2.16. The van der Waals surface area contributed by atoms with Gasteiger partial charge in [0.1, 0.15) is 0 Å². The van der Waals surface area contributed by atoms with Crippen LogP contribution in [0.2, 0.25) is 0 Å². The highest BCUT2D eigenvalue weighted by molar-refractivity contribution is 6.46. The summed E-state index contributed by atoms with van der Waals surface area (Å²) in [6.07, 6.45) is 8.16. The van der Waals surface area contributed by atoms with Crippen LogP contribution in [0.25, 0.3) is 0 Å². The van der Waals surface area contributed by atoms with Gasteiger partial charge in [0.2, 0.25) is 0 Å². The number of allylic oxidation sites excluding steroid dienone is 4. The Morgan fingerprint density at radius 2 is 1.95 bits per heavy atom. The van der Waals surface area contributed by atoms with Gasteiger partial charge in [-0.15, -0.1) is 0 Å². The van der Waals surface area contributed by atoms with Gasteiger partial charge in [-0.05, 0) is 49.2 Å². The van der Waals surface area contributed by atoms with Gasteiger partial charge in [-0.25, -0.2) is 8.78 Å². The van der Waals surface area contributed by atoms with E-state index >= 15 is 0 Å². The Bertz CT molecular complexity index is 389. The van der Waals surface area contributed by atoms with E-state index in [1.54, 1.807) is 6.08 Å². The van der Waals surface area contributed by atoms with Gasteiger partial charge in [0.05, 0.1) is 0 Å². The van der Waals surface area contributed by atoms with Crippen molar-refractivity contribution in [3.05, 3.63) is 23.8 Å². The summed E-state index contributed by atoms with van der Waals surface area (Å²) in [5.41, 5.74) is -2.32. The topological polar surface area (TPSA) is 40.5 Å². The molecule has 0 aromatic heterocycles. The molecule has 2 atom stereocenters. The lowest BCUT2D eigenvalue weighted by Crippen LogP contribution is -2.51. The molecule has 2 rings (SSSR count). The van der Waals surface area contributed by atoms with E-state index in [-0.39, 0.29) is 5.92 Å². The van der Waals surface area contributed by atoms with Crippen LogP contribution in [0.3, 0.4) is 0 Å². The third-order valence-electron chi connectivity index (χ3n) is 4.73. The van der Waals surface area contributed by atoms with Crippen LogP contribution in [0.5, 0.6) is 0 Å². The summed E-state index contributed by atoms with van der Waals surface area (Å²) in [5, 5.41) is 18.2. The number of hydrogen-bond acceptors (Lipinski definition) is 2. The highest BCUT2D eigenvalue weighted by Crippen LogP contribution is 2.42. The van der Waals surface area contributed by atoms with Crippen molar-refractivity contribution in [3.63, 3.8) is 0 Å². The molecule has 0 heterocycles. The Balaban J connectivity index is 2.03. The van der Waals surface area contributed by atoms with E-state index in [0.29, 0.717) is 11.5 Å². The Morgan fingerprint density at radius 1 is 1.30 bits per heavy atom. The predicted molar refractivity (Wildman–Crippen MR) is 76.5 cm³/mol. The van der Waals surface area contributed by atoms with Gasteiger partial charge in [0, 0.05) is 0 Å². The van der Waals surface area contributed by atoms with Gasteiger partial charge in [0.15, 0.2) is 11.7 Å². The summed E-state index contributed by atoms with van der Waals surface area (Å²) >= 11 is 0. The molecule has 0 aliphatic heterocycles. The van der Waals surface area contributed by atoms with Crippen LogP contribution >= 0.6 is 0 Å². The standard InChI is InChI=1S/C15H23BF2O2/c1-2-4-11-6-8-12(9-7-11)13-5-3-10-15(18,14(13)17)16(19)20/h3,5,10-12,14,19-20H,2,4,6-9H2,1H3. The average Bonchev–Trinajstić information content (AvgIpc) is 2.43. The smallest absolute Gasteiger partial charge is 0.425 e. The van der Waals surface area contributed by atoms with Gasteiger partial charge >= 0.3 is 7.12 Å². The fourth-order valence-electron chi connectivity index (χ4n) is 3.48. The van der Waals surface area contributed by atoms with Crippen LogP contribution in [0.1, 0.15) is 45.4 Å². The van der Waals surface area contributed by atoms with Crippen molar-refractivity contribution < 1.29 is 18.8 Å². The third kappa shape index (κ3) is 2.99. The van der Waals surface area contributed by atoms with Gasteiger partial charge < -0.3 is 10.0 Å². The Kier molecular flexibility index (Phi) is 5.02. The van der Waals surface area contributed by atoms with E-state index in [9.17, 15) is 8.78 Å². The average molecular weight is 284 g/mol. The Hall–Kier alpha value is -0.675. The lowest BCUT2D eigenvalue weighted by atomic mass is 9.61. The number of alkyl halides is 2. The van der Waals surface area contributed by atoms with Crippen LogP contribution in [0, 0.1) is 11.8 Å². The largest absolute Gasteiger partial charge is 0.499 e. The Labute approximate surface area is 119 Å². The van der Waals surface area contributed by atoms with Crippen LogP contribution in [0.4, 0.5) is 8.78 Å². The van der Waals surface area contributed by atoms with Crippen molar-refractivity contribution in [3.8, 4) is 0 Å². The molecular weight excluding hydrogens is 261 g/mol. The maximum Gasteiger partial charge on any atom is 0.499 e. The van der Waals surface area contributed by atoms with E-state index in [4.69, 9.17) is 10.0 Å². The molecule has 0 saturated heterocycles. The molecule has 5 heteroatoms. The molecule has 0 amide bonds. The first-order chi connectivity index (χ1) is 9.49. The molecule has 0 spiro atoms. The van der Waals surface area contributed by atoms with Crippen molar-refractivity contribution in [1.29, 1.82) is 0 Å². The normalized spacial score (nSPS) is 37.6. The quantitative estimate of drug-likeness (QED) is 0.779. The molecule has 1 saturated carbocycles. The molecule has 2 N–H and O–H groups in total. The van der Waals surface area contributed by atoms with Crippen molar-refractivity contribution >= 4 is 7.12 Å². The molecule has 2 aliphatic carbocycles. The molecule has 0 aromatic rings. The minimum Gasteiger partial charge on any atom is -0.425 e. The summed E-state index contributed by atoms with van der Waals surface area (Å²) in [6, 6.07) is 0. The first-order valence-corrected chi connectivity index (χ1v) is 7.57. The second kappa shape index (κ2) is 6.40. The van der Waals surface area contributed by atoms with Crippen LogP contribution in [-0.2, 0) is 0 Å². The van der Waals surface area contributed by atoms with Gasteiger partial charge in [-0.3, -0.25) is 0 Å². The van der Waals surface area contributed by atoms with Crippen molar-refractivity contribution in [2.75, 3.05) is 0 Å². The molecule has 2 nitrogen and oxygen atoms in total. The summed E-state index contributed by atoms with van der Waals surface area (Å²) in [7, 11) is -2.33. The fraction of sp³-hybridized carbons (Fsp3) is 0.733. The zero-order valence-electron chi connectivity index (χ0n) is 11.9. The van der Waals surface area contributed by atoms with Crippen LogP contribution in [0.15, 0.2) is 23.8 Å². The zero-order valence-corrected chi connectivity index (χ0v) is 11.9. The molecule has 112 valence electrons. The lowest BCUT2D eigenvalue weighted by molar-refractivity contribution is 0.133. The molecule has 20 heavy (non-hydrogen) atoms. The highest BCUT2D eigenvalue weighted by atomic mass is 19.2. The highest BCUT2D eigenvalue weighted by Gasteiger charge is 2.52. The van der Waals surface area contributed by atoms with E-state index in [1.807, 2.05) is 0 Å². The van der Waals surface area contributed by atoms with Crippen molar-refractivity contribution in [2.45, 2.75) is 57.2 Å². The molecule has 0 bridgehead atoms. The van der Waals surface area contributed by atoms with Gasteiger partial charge in [0.25, 0.3) is 0 Å². The molecule has 0 aromatic carbocycles. The van der Waals surface area contributed by atoms with Crippen LogP contribution in [-0.4, -0.2) is 28.9 Å². The SMILES string of the molecule is CCCC1CCC(C2=CC=CC(F)(B(O)O)C2F)CC1. The second-order valence-corrected chi connectivity index (χ2v) is 6.10. The zero-order chi connectivity index (χ0) is 14.8. The molecular formula is C15H23BF2O2. The third-order valence-corrected chi connectivity index (χ3v) is 4.73. The molecule has 2 aliphatic rings. The number of hydrogen-bond donors (Lipinski definition) is 2. The maximum absolute atomic E-state index is 14.4. The van der Waals surface area contributed by atoms with Crippen LogP contribution < -0.4 is 0 Å². The summed E-state index contributed by atoms with van der Waals surface area (Å²) in [5.74, 6) is 0.726. The van der Waals surface area contributed by atoms with E-state index < -0.39 is 18.9 Å².